The van der Waals surface area contributed by atoms with Crippen molar-refractivity contribution in [1.29, 1.82) is 0 Å². The summed E-state index contributed by atoms with van der Waals surface area (Å²) >= 11 is 0. The highest BCUT2D eigenvalue weighted by atomic mass is 16.6. The van der Waals surface area contributed by atoms with E-state index in [-0.39, 0.29) is 18.7 Å². The van der Waals surface area contributed by atoms with Crippen molar-refractivity contribution in [3.63, 3.8) is 0 Å². The number of aliphatic hydroxyl groups excluding tert-OH is 1. The summed E-state index contributed by atoms with van der Waals surface area (Å²) in [6.07, 6.45) is 0.211. The predicted octanol–water partition coefficient (Wildman–Crippen LogP) is 0.383. The van der Waals surface area contributed by atoms with Gasteiger partial charge in [0.1, 0.15) is 5.78 Å². The fourth-order valence-corrected chi connectivity index (χ4v) is 1.69. The lowest BCUT2D eigenvalue weighted by Gasteiger charge is -2.24. The maximum atomic E-state index is 11.3. The van der Waals surface area contributed by atoms with Crippen LogP contribution in [0.1, 0.15) is 26.2 Å². The maximum Gasteiger partial charge on any atom is 0.204 e. The van der Waals surface area contributed by atoms with E-state index in [4.69, 9.17) is 0 Å². The van der Waals surface area contributed by atoms with Gasteiger partial charge in [-0.25, -0.2) is 0 Å². The van der Waals surface area contributed by atoms with Gasteiger partial charge in [-0.05, 0) is 13.3 Å². The van der Waals surface area contributed by atoms with Crippen LogP contribution in [0.5, 0.6) is 0 Å². The Balaban J connectivity index is 2.62. The second-order valence-corrected chi connectivity index (χ2v) is 3.70. The molecule has 1 fully saturated rings. The number of carbonyl (C=O) groups is 1. The summed E-state index contributed by atoms with van der Waals surface area (Å²) in [4.78, 5) is 21.0. The number of aliphatic hydroxyl groups is 1. The predicted molar refractivity (Wildman–Crippen MR) is 44.8 cm³/mol. The quantitative estimate of drug-likeness (QED) is 0.511. The molecule has 0 aromatic heterocycles. The molecule has 0 aromatic rings. The molecule has 1 N–H and O–H groups in total. The number of ketones is 1. The SMILES string of the molecule is C[C@@]1(CC[N+](=O)[O-])C(=O)CC[C@@H]1O. The van der Waals surface area contributed by atoms with Crippen molar-refractivity contribution in [3.8, 4) is 0 Å². The normalized spacial score (nSPS) is 33.7. The number of rotatable bonds is 3. The highest BCUT2D eigenvalue weighted by molar-refractivity contribution is 5.87. The number of carbonyl (C=O) groups excluding carboxylic acids is 1. The smallest absolute Gasteiger partial charge is 0.204 e. The molecule has 0 heterocycles. The molecule has 0 amide bonds. The van der Waals surface area contributed by atoms with E-state index in [2.05, 4.69) is 0 Å². The lowest BCUT2D eigenvalue weighted by molar-refractivity contribution is -0.482. The van der Waals surface area contributed by atoms with E-state index in [1.807, 2.05) is 0 Å². The van der Waals surface area contributed by atoms with Crippen molar-refractivity contribution in [2.24, 2.45) is 5.41 Å². The molecule has 1 aliphatic carbocycles. The van der Waals surface area contributed by atoms with E-state index in [1.165, 1.54) is 0 Å². The summed E-state index contributed by atoms with van der Waals surface area (Å²) in [6, 6.07) is 0. The van der Waals surface area contributed by atoms with E-state index >= 15 is 0 Å². The second kappa shape index (κ2) is 3.41. The van der Waals surface area contributed by atoms with Crippen molar-refractivity contribution in [1.82, 2.24) is 0 Å². The molecule has 0 unspecified atom stereocenters. The zero-order valence-corrected chi connectivity index (χ0v) is 7.52. The minimum absolute atomic E-state index is 0.0538. The van der Waals surface area contributed by atoms with E-state index in [1.54, 1.807) is 6.92 Å². The Morgan fingerprint density at radius 3 is 2.77 bits per heavy atom. The summed E-state index contributed by atoms with van der Waals surface area (Å²) in [6.45, 7) is 1.36. The number of nitrogens with zero attached hydrogens (tertiary/aromatic N) is 1. The first-order valence-corrected chi connectivity index (χ1v) is 4.30. The van der Waals surface area contributed by atoms with E-state index in [0.717, 1.165) is 0 Å². The van der Waals surface area contributed by atoms with E-state index in [9.17, 15) is 20.0 Å². The van der Waals surface area contributed by atoms with Gasteiger partial charge in [0.15, 0.2) is 0 Å². The molecular weight excluding hydrogens is 174 g/mol. The average Bonchev–Trinajstić information content (AvgIpc) is 2.31. The standard InChI is InChI=1S/C8H13NO4/c1-8(4-5-9(12)13)6(10)2-3-7(8)11/h6,10H,2-5H2,1H3/t6-,8-/m0/s1. The van der Waals surface area contributed by atoms with Crippen LogP contribution in [0.2, 0.25) is 0 Å². The van der Waals surface area contributed by atoms with Crippen LogP contribution in [0.25, 0.3) is 0 Å². The summed E-state index contributed by atoms with van der Waals surface area (Å²) in [5, 5.41) is 19.6. The molecule has 5 nitrogen and oxygen atoms in total. The first-order valence-electron chi connectivity index (χ1n) is 4.30. The molecule has 5 heteroatoms. The minimum atomic E-state index is -0.882. The van der Waals surface area contributed by atoms with Crippen LogP contribution >= 0.6 is 0 Å². The van der Waals surface area contributed by atoms with Crippen molar-refractivity contribution < 1.29 is 14.8 Å². The van der Waals surface area contributed by atoms with Crippen molar-refractivity contribution in [2.75, 3.05) is 6.54 Å². The number of nitro groups is 1. The molecule has 0 radical (unpaired) electrons. The number of hydrogen-bond acceptors (Lipinski definition) is 4. The molecule has 0 spiro atoms. The molecule has 1 saturated carbocycles. The monoisotopic (exact) mass is 187 g/mol. The van der Waals surface area contributed by atoms with E-state index in [0.29, 0.717) is 12.8 Å². The maximum absolute atomic E-state index is 11.3. The van der Waals surface area contributed by atoms with Gasteiger partial charge in [0.2, 0.25) is 6.54 Å². The molecule has 0 saturated heterocycles. The first kappa shape index (κ1) is 10.1. The lowest BCUT2D eigenvalue weighted by Crippen LogP contribution is -2.34. The summed E-state index contributed by atoms with van der Waals surface area (Å²) in [7, 11) is 0. The van der Waals surface area contributed by atoms with Crippen LogP contribution in [0.15, 0.2) is 0 Å². The summed E-state index contributed by atoms with van der Waals surface area (Å²) in [5.41, 5.74) is -0.882. The minimum Gasteiger partial charge on any atom is -0.392 e. The number of hydrogen-bond donors (Lipinski definition) is 1. The van der Waals surface area contributed by atoms with Gasteiger partial charge in [0, 0.05) is 17.8 Å². The largest absolute Gasteiger partial charge is 0.392 e. The van der Waals surface area contributed by atoms with Gasteiger partial charge in [-0.2, -0.15) is 0 Å². The van der Waals surface area contributed by atoms with Gasteiger partial charge >= 0.3 is 0 Å². The Labute approximate surface area is 75.9 Å². The summed E-state index contributed by atoms with van der Waals surface area (Å²) < 4.78 is 0. The van der Waals surface area contributed by atoms with Gasteiger partial charge in [0.05, 0.1) is 11.5 Å². The fraction of sp³-hybridized carbons (Fsp3) is 0.875. The molecule has 0 aliphatic heterocycles. The van der Waals surface area contributed by atoms with Crippen LogP contribution in [0, 0.1) is 15.5 Å². The Morgan fingerprint density at radius 2 is 2.38 bits per heavy atom. The molecular formula is C8H13NO4. The van der Waals surface area contributed by atoms with Gasteiger partial charge in [-0.3, -0.25) is 14.9 Å². The van der Waals surface area contributed by atoms with Gasteiger partial charge in [0.25, 0.3) is 0 Å². The third kappa shape index (κ3) is 1.85. The molecule has 1 rings (SSSR count). The Morgan fingerprint density at radius 1 is 1.77 bits per heavy atom. The second-order valence-electron chi connectivity index (χ2n) is 3.70. The van der Waals surface area contributed by atoms with E-state index < -0.39 is 16.4 Å². The Kier molecular flexibility index (Phi) is 2.66. The molecule has 2 atom stereocenters. The van der Waals surface area contributed by atoms with Crippen molar-refractivity contribution in [3.05, 3.63) is 10.1 Å². The molecule has 1 aliphatic rings. The van der Waals surface area contributed by atoms with Crippen molar-refractivity contribution in [2.45, 2.75) is 32.3 Å². The lowest BCUT2D eigenvalue weighted by atomic mass is 9.82. The third-order valence-corrected chi connectivity index (χ3v) is 2.83. The zero-order chi connectivity index (χ0) is 10.1. The van der Waals surface area contributed by atoms with Gasteiger partial charge < -0.3 is 5.11 Å². The Bertz CT molecular complexity index is 240. The highest BCUT2D eigenvalue weighted by Gasteiger charge is 2.45. The van der Waals surface area contributed by atoms with Crippen molar-refractivity contribution >= 4 is 5.78 Å². The van der Waals surface area contributed by atoms with Crippen LogP contribution in [-0.4, -0.2) is 28.5 Å². The number of Topliss-reactive ketones (excluding diaryl/α,β-unsaturated/α-hetero) is 1. The van der Waals surface area contributed by atoms with Gasteiger partial charge in [-0.1, -0.05) is 0 Å². The van der Waals surface area contributed by atoms with Crippen LogP contribution in [-0.2, 0) is 4.79 Å². The van der Waals surface area contributed by atoms with Crippen LogP contribution < -0.4 is 0 Å². The fourth-order valence-electron chi connectivity index (χ4n) is 1.69. The Hall–Kier alpha value is -0.970. The zero-order valence-electron chi connectivity index (χ0n) is 7.52. The topological polar surface area (TPSA) is 80.4 Å². The first-order chi connectivity index (χ1) is 5.97. The molecule has 13 heavy (non-hydrogen) atoms. The molecule has 0 aromatic carbocycles. The molecule has 74 valence electrons. The van der Waals surface area contributed by atoms with Gasteiger partial charge in [-0.15, -0.1) is 0 Å². The average molecular weight is 187 g/mol. The highest BCUT2D eigenvalue weighted by Crippen LogP contribution is 2.37. The molecule has 0 bridgehead atoms. The summed E-state index contributed by atoms with van der Waals surface area (Å²) in [5.74, 6) is -0.0538. The third-order valence-electron chi connectivity index (χ3n) is 2.83. The van der Waals surface area contributed by atoms with Crippen LogP contribution in [0.3, 0.4) is 0 Å². The van der Waals surface area contributed by atoms with Crippen LogP contribution in [0.4, 0.5) is 0 Å².